The molecule has 2 unspecified atom stereocenters. The number of fused-ring (bicyclic) bond motifs is 1. The first kappa shape index (κ1) is 11.6. The lowest BCUT2D eigenvalue weighted by molar-refractivity contribution is 0.681. The van der Waals surface area contributed by atoms with Crippen LogP contribution in [0.25, 0.3) is 0 Å². The molecule has 16 heavy (non-hydrogen) atoms. The summed E-state index contributed by atoms with van der Waals surface area (Å²) in [5, 5.41) is 3.46. The van der Waals surface area contributed by atoms with Gasteiger partial charge in [0.2, 0.25) is 0 Å². The summed E-state index contributed by atoms with van der Waals surface area (Å²) in [7, 11) is 0. The van der Waals surface area contributed by atoms with Crippen molar-refractivity contribution >= 4 is 23.8 Å². The summed E-state index contributed by atoms with van der Waals surface area (Å²) in [5.74, 6) is 1.89. The lowest BCUT2D eigenvalue weighted by Crippen LogP contribution is -2.35. The van der Waals surface area contributed by atoms with Crippen molar-refractivity contribution in [1.29, 1.82) is 0 Å². The molecule has 1 aliphatic carbocycles. The Hall–Kier alpha value is -0.890. The molecule has 1 N–H and O–H groups in total. The van der Waals surface area contributed by atoms with Gasteiger partial charge in [0.1, 0.15) is 0 Å². The van der Waals surface area contributed by atoms with E-state index in [9.17, 15) is 0 Å². The molecule has 1 fully saturated rings. The summed E-state index contributed by atoms with van der Waals surface area (Å²) in [5.41, 5.74) is 2.69. The molecule has 0 saturated heterocycles. The van der Waals surface area contributed by atoms with Gasteiger partial charge >= 0.3 is 0 Å². The number of nitrogens with one attached hydrogen (secondary N) is 1. The van der Waals surface area contributed by atoms with Crippen LogP contribution in [0, 0.1) is 11.8 Å². The molecule has 3 heteroatoms. The third-order valence-electron chi connectivity index (χ3n) is 3.67. The van der Waals surface area contributed by atoms with E-state index >= 15 is 0 Å². The van der Waals surface area contributed by atoms with Gasteiger partial charge in [0, 0.05) is 19.6 Å². The van der Waals surface area contributed by atoms with Crippen molar-refractivity contribution in [3.05, 3.63) is 24.3 Å². The summed E-state index contributed by atoms with van der Waals surface area (Å²) in [4.78, 5) is 2.54. The average Bonchev–Trinajstić information content (AvgIpc) is 2.95. The van der Waals surface area contributed by atoms with E-state index in [1.165, 1.54) is 24.3 Å². The molecule has 1 saturated carbocycles. The van der Waals surface area contributed by atoms with Gasteiger partial charge in [-0.25, -0.2) is 0 Å². The molecular formula is C13H19ClN2. The second-order valence-electron chi connectivity index (χ2n) is 4.86. The van der Waals surface area contributed by atoms with Crippen LogP contribution in [0.5, 0.6) is 0 Å². The zero-order chi connectivity index (χ0) is 10.3. The van der Waals surface area contributed by atoms with E-state index in [0.717, 1.165) is 24.9 Å². The molecule has 3 rings (SSSR count). The standard InChI is InChI=1S/C13H18N2.ClH/c1-10-8-11(10)9-15-7-6-14-12-4-2-3-5-13(12)15;/h2-5,10-11,14H,6-9H2,1H3;1H. The predicted molar refractivity (Wildman–Crippen MR) is 71.7 cm³/mol. The van der Waals surface area contributed by atoms with Crippen LogP contribution in [0.15, 0.2) is 24.3 Å². The molecule has 0 aromatic heterocycles. The van der Waals surface area contributed by atoms with E-state index in [1.807, 2.05) is 0 Å². The molecule has 1 heterocycles. The summed E-state index contributed by atoms with van der Waals surface area (Å²) in [6.45, 7) is 5.84. The maximum Gasteiger partial charge on any atom is 0.0602 e. The predicted octanol–water partition coefficient (Wildman–Crippen LogP) is 3.00. The molecule has 1 aromatic rings. The molecule has 2 nitrogen and oxygen atoms in total. The largest absolute Gasteiger partial charge is 0.382 e. The number of anilines is 2. The zero-order valence-corrected chi connectivity index (χ0v) is 10.5. The molecule has 2 atom stereocenters. The van der Waals surface area contributed by atoms with E-state index < -0.39 is 0 Å². The van der Waals surface area contributed by atoms with Crippen molar-refractivity contribution in [3.63, 3.8) is 0 Å². The first-order valence-corrected chi connectivity index (χ1v) is 5.92. The second-order valence-corrected chi connectivity index (χ2v) is 4.86. The van der Waals surface area contributed by atoms with Crippen molar-refractivity contribution in [2.24, 2.45) is 11.8 Å². The molecule has 0 radical (unpaired) electrons. The number of hydrogen-bond donors (Lipinski definition) is 1. The quantitative estimate of drug-likeness (QED) is 0.852. The van der Waals surface area contributed by atoms with Gasteiger partial charge in [-0.3, -0.25) is 0 Å². The number of nitrogens with zero attached hydrogens (tertiary/aromatic N) is 1. The van der Waals surface area contributed by atoms with E-state index in [4.69, 9.17) is 0 Å². The highest BCUT2D eigenvalue weighted by Crippen LogP contribution is 2.40. The number of halogens is 1. The fraction of sp³-hybridized carbons (Fsp3) is 0.538. The Morgan fingerprint density at radius 2 is 2.12 bits per heavy atom. The Morgan fingerprint density at radius 3 is 2.88 bits per heavy atom. The third kappa shape index (κ3) is 2.12. The van der Waals surface area contributed by atoms with Crippen LogP contribution in [0.2, 0.25) is 0 Å². The maximum absolute atomic E-state index is 3.46. The summed E-state index contributed by atoms with van der Waals surface area (Å²) >= 11 is 0. The minimum atomic E-state index is 0. The van der Waals surface area contributed by atoms with Gasteiger partial charge in [-0.1, -0.05) is 19.1 Å². The van der Waals surface area contributed by atoms with E-state index in [2.05, 4.69) is 41.4 Å². The first-order chi connectivity index (χ1) is 7.34. The van der Waals surface area contributed by atoms with Crippen LogP contribution in [-0.2, 0) is 0 Å². The minimum Gasteiger partial charge on any atom is -0.382 e. The molecule has 0 amide bonds. The summed E-state index contributed by atoms with van der Waals surface area (Å²) in [6.07, 6.45) is 1.42. The molecular weight excluding hydrogens is 220 g/mol. The first-order valence-electron chi connectivity index (χ1n) is 5.92. The van der Waals surface area contributed by atoms with Crippen molar-refractivity contribution in [3.8, 4) is 0 Å². The minimum absolute atomic E-state index is 0. The van der Waals surface area contributed by atoms with Crippen molar-refractivity contribution in [2.75, 3.05) is 29.9 Å². The van der Waals surface area contributed by atoms with Gasteiger partial charge in [-0.15, -0.1) is 12.4 Å². The van der Waals surface area contributed by atoms with Gasteiger partial charge in [0.15, 0.2) is 0 Å². The molecule has 88 valence electrons. The molecule has 1 aromatic carbocycles. The monoisotopic (exact) mass is 238 g/mol. The van der Waals surface area contributed by atoms with Crippen LogP contribution in [0.3, 0.4) is 0 Å². The average molecular weight is 239 g/mol. The van der Waals surface area contributed by atoms with Gasteiger partial charge < -0.3 is 10.2 Å². The highest BCUT2D eigenvalue weighted by molar-refractivity contribution is 5.85. The SMILES string of the molecule is CC1CC1CN1CCNc2ccccc21.Cl. The van der Waals surface area contributed by atoms with Crippen molar-refractivity contribution in [2.45, 2.75) is 13.3 Å². The molecule has 2 aliphatic rings. The normalized spacial score (nSPS) is 26.4. The maximum atomic E-state index is 3.46. The molecule has 0 spiro atoms. The Kier molecular flexibility index (Phi) is 3.29. The highest BCUT2D eigenvalue weighted by atomic mass is 35.5. The number of para-hydroxylation sites is 2. The van der Waals surface area contributed by atoms with Crippen LogP contribution < -0.4 is 10.2 Å². The smallest absolute Gasteiger partial charge is 0.0602 e. The van der Waals surface area contributed by atoms with Gasteiger partial charge in [-0.2, -0.15) is 0 Å². The van der Waals surface area contributed by atoms with Crippen molar-refractivity contribution in [1.82, 2.24) is 0 Å². The Bertz CT molecular complexity index is 367. The van der Waals surface area contributed by atoms with Crippen molar-refractivity contribution < 1.29 is 0 Å². The Labute approximate surface area is 103 Å². The lowest BCUT2D eigenvalue weighted by atomic mass is 10.2. The fourth-order valence-corrected chi connectivity index (χ4v) is 2.47. The van der Waals surface area contributed by atoms with Gasteiger partial charge in [0.05, 0.1) is 11.4 Å². The summed E-state index contributed by atoms with van der Waals surface area (Å²) in [6, 6.07) is 8.65. The van der Waals surface area contributed by atoms with Crippen LogP contribution >= 0.6 is 12.4 Å². The second kappa shape index (κ2) is 4.54. The van der Waals surface area contributed by atoms with Crippen LogP contribution in [0.4, 0.5) is 11.4 Å². The third-order valence-corrected chi connectivity index (χ3v) is 3.67. The van der Waals surface area contributed by atoms with Crippen LogP contribution in [0.1, 0.15) is 13.3 Å². The van der Waals surface area contributed by atoms with Crippen LogP contribution in [-0.4, -0.2) is 19.6 Å². The fourth-order valence-electron chi connectivity index (χ4n) is 2.47. The highest BCUT2D eigenvalue weighted by Gasteiger charge is 2.34. The van der Waals surface area contributed by atoms with E-state index in [-0.39, 0.29) is 12.4 Å². The van der Waals surface area contributed by atoms with E-state index in [1.54, 1.807) is 0 Å². The topological polar surface area (TPSA) is 15.3 Å². The van der Waals surface area contributed by atoms with E-state index in [0.29, 0.717) is 0 Å². The summed E-state index contributed by atoms with van der Waals surface area (Å²) < 4.78 is 0. The Morgan fingerprint density at radius 1 is 1.38 bits per heavy atom. The molecule has 0 bridgehead atoms. The van der Waals surface area contributed by atoms with Gasteiger partial charge in [0.25, 0.3) is 0 Å². The number of rotatable bonds is 2. The lowest BCUT2D eigenvalue weighted by Gasteiger charge is -2.32. The Balaban J connectivity index is 0.000000963. The zero-order valence-electron chi connectivity index (χ0n) is 9.65. The van der Waals surface area contributed by atoms with Gasteiger partial charge in [-0.05, 0) is 30.4 Å². The molecule has 1 aliphatic heterocycles. The number of hydrogen-bond acceptors (Lipinski definition) is 2. The number of benzene rings is 1.